The molecule has 0 saturated heterocycles. The molecule has 2 aliphatic rings. The first-order valence-corrected chi connectivity index (χ1v) is 8.23. The minimum atomic E-state index is -0.380. The van der Waals surface area contributed by atoms with Crippen molar-refractivity contribution in [3.05, 3.63) is 34.9 Å². The van der Waals surface area contributed by atoms with E-state index in [0.29, 0.717) is 6.42 Å². The Labute approximate surface area is 138 Å². The van der Waals surface area contributed by atoms with E-state index >= 15 is 0 Å². The van der Waals surface area contributed by atoms with E-state index in [1.165, 1.54) is 5.56 Å². The molecule has 3 nitrogen and oxygen atoms in total. The molecular formula is C20H26O3. The number of Topliss-reactive ketones (excluding diaryl/α,β-unsaturated/α-hetero) is 1. The standard InChI is InChI=1S/C20H26O3/c1-12-7-10-16-19(2,3)17-13(11-20(16,4)18(12)21)14(22-5)8-9-15(17)23-6/h7-9,16H,10-11H2,1-6H3/t16-,20-/m0/s1. The molecule has 3 rings (SSSR count). The number of allylic oxidation sites excluding steroid dienone is 2. The molecule has 0 unspecified atom stereocenters. The second-order valence-electron chi connectivity index (χ2n) is 7.64. The van der Waals surface area contributed by atoms with Gasteiger partial charge in [-0.1, -0.05) is 26.8 Å². The number of ether oxygens (including phenoxy) is 2. The largest absolute Gasteiger partial charge is 0.496 e. The van der Waals surface area contributed by atoms with Gasteiger partial charge in [0.25, 0.3) is 0 Å². The zero-order valence-electron chi connectivity index (χ0n) is 14.9. The number of carbonyl (C=O) groups is 1. The van der Waals surface area contributed by atoms with E-state index in [4.69, 9.17) is 9.47 Å². The topological polar surface area (TPSA) is 35.5 Å². The molecule has 0 N–H and O–H groups in total. The molecule has 0 fully saturated rings. The van der Waals surface area contributed by atoms with Gasteiger partial charge in [-0.2, -0.15) is 0 Å². The van der Waals surface area contributed by atoms with Crippen LogP contribution in [0.15, 0.2) is 23.8 Å². The zero-order chi connectivity index (χ0) is 17.0. The predicted molar refractivity (Wildman–Crippen MR) is 91.3 cm³/mol. The summed E-state index contributed by atoms with van der Waals surface area (Å²) in [5, 5.41) is 0. The van der Waals surface area contributed by atoms with Crippen LogP contribution in [0.3, 0.4) is 0 Å². The maximum Gasteiger partial charge on any atom is 0.164 e. The van der Waals surface area contributed by atoms with Crippen LogP contribution >= 0.6 is 0 Å². The normalized spacial score (nSPS) is 28.5. The van der Waals surface area contributed by atoms with Crippen molar-refractivity contribution in [3.8, 4) is 11.5 Å². The molecule has 0 amide bonds. The summed E-state index contributed by atoms with van der Waals surface area (Å²) in [6, 6.07) is 3.93. The maximum atomic E-state index is 13.0. The summed E-state index contributed by atoms with van der Waals surface area (Å²) in [5.74, 6) is 2.29. The van der Waals surface area contributed by atoms with E-state index in [2.05, 4.69) is 26.8 Å². The molecule has 2 atom stereocenters. The third-order valence-corrected chi connectivity index (χ3v) is 6.04. The highest BCUT2D eigenvalue weighted by Gasteiger charge is 2.55. The number of hydrogen-bond acceptors (Lipinski definition) is 3. The summed E-state index contributed by atoms with van der Waals surface area (Å²) < 4.78 is 11.3. The molecule has 0 heterocycles. The average Bonchev–Trinajstić information content (AvgIpc) is 2.51. The molecule has 1 aromatic carbocycles. The van der Waals surface area contributed by atoms with E-state index in [1.54, 1.807) is 14.2 Å². The summed E-state index contributed by atoms with van der Waals surface area (Å²) in [7, 11) is 3.40. The highest BCUT2D eigenvalue weighted by atomic mass is 16.5. The smallest absolute Gasteiger partial charge is 0.164 e. The van der Waals surface area contributed by atoms with Gasteiger partial charge in [0.2, 0.25) is 0 Å². The van der Waals surface area contributed by atoms with E-state index in [0.717, 1.165) is 29.1 Å². The summed E-state index contributed by atoms with van der Waals surface area (Å²) >= 11 is 0. The minimum absolute atomic E-state index is 0.158. The van der Waals surface area contributed by atoms with E-state index in [-0.39, 0.29) is 22.5 Å². The van der Waals surface area contributed by atoms with Crippen LogP contribution in [-0.2, 0) is 16.6 Å². The van der Waals surface area contributed by atoms with Gasteiger partial charge in [-0.15, -0.1) is 0 Å². The van der Waals surface area contributed by atoms with Crippen molar-refractivity contribution in [2.45, 2.75) is 46.0 Å². The van der Waals surface area contributed by atoms with Gasteiger partial charge < -0.3 is 9.47 Å². The molecule has 0 spiro atoms. The van der Waals surface area contributed by atoms with Gasteiger partial charge in [-0.3, -0.25) is 4.79 Å². The SMILES string of the molecule is COc1ccc(OC)c2c1C[C@]1(C)C(=O)C(C)=CC[C@H]1C2(C)C. The minimum Gasteiger partial charge on any atom is -0.496 e. The Bertz CT molecular complexity index is 699. The van der Waals surface area contributed by atoms with Crippen molar-refractivity contribution >= 4 is 5.78 Å². The lowest BCUT2D eigenvalue weighted by molar-refractivity contribution is -0.130. The Balaban J connectivity index is 2.29. The number of ketones is 1. The van der Waals surface area contributed by atoms with Gasteiger partial charge in [-0.05, 0) is 48.8 Å². The van der Waals surface area contributed by atoms with Crippen LogP contribution < -0.4 is 9.47 Å². The van der Waals surface area contributed by atoms with E-state index in [9.17, 15) is 4.79 Å². The van der Waals surface area contributed by atoms with Crippen LogP contribution in [0, 0.1) is 11.3 Å². The van der Waals surface area contributed by atoms with Gasteiger partial charge in [0.05, 0.1) is 14.2 Å². The molecule has 0 saturated carbocycles. The van der Waals surface area contributed by atoms with Gasteiger partial charge in [0, 0.05) is 16.5 Å². The summed E-state index contributed by atoms with van der Waals surface area (Å²) in [4.78, 5) is 13.0. The highest BCUT2D eigenvalue weighted by molar-refractivity contribution is 6.01. The fourth-order valence-electron chi connectivity index (χ4n) is 4.94. The highest BCUT2D eigenvalue weighted by Crippen LogP contribution is 2.58. The van der Waals surface area contributed by atoms with Crippen LogP contribution in [0.4, 0.5) is 0 Å². The molecule has 23 heavy (non-hydrogen) atoms. The predicted octanol–water partition coefficient (Wildman–Crippen LogP) is 4.08. The average molecular weight is 314 g/mol. The molecule has 0 aliphatic heterocycles. The number of rotatable bonds is 2. The van der Waals surface area contributed by atoms with E-state index in [1.807, 2.05) is 19.1 Å². The Morgan fingerprint density at radius 2 is 1.70 bits per heavy atom. The van der Waals surface area contributed by atoms with E-state index < -0.39 is 0 Å². The van der Waals surface area contributed by atoms with Gasteiger partial charge >= 0.3 is 0 Å². The molecular weight excluding hydrogens is 288 g/mol. The molecule has 124 valence electrons. The Kier molecular flexibility index (Phi) is 3.58. The van der Waals surface area contributed by atoms with Gasteiger partial charge in [-0.25, -0.2) is 0 Å². The molecule has 2 aliphatic carbocycles. The molecule has 1 aromatic rings. The fraction of sp³-hybridized carbons (Fsp3) is 0.550. The van der Waals surface area contributed by atoms with Gasteiger partial charge in [0.15, 0.2) is 5.78 Å². The van der Waals surface area contributed by atoms with Crippen LogP contribution in [0.5, 0.6) is 11.5 Å². The number of hydrogen-bond donors (Lipinski definition) is 0. The Morgan fingerprint density at radius 1 is 1.09 bits per heavy atom. The summed E-state index contributed by atoms with van der Waals surface area (Å²) in [6.07, 6.45) is 3.75. The third kappa shape index (κ3) is 2.05. The second-order valence-corrected chi connectivity index (χ2v) is 7.64. The number of fused-ring (bicyclic) bond motifs is 2. The summed E-state index contributed by atoms with van der Waals surface area (Å²) in [5.41, 5.74) is 2.68. The van der Waals surface area contributed by atoms with Gasteiger partial charge in [0.1, 0.15) is 11.5 Å². The van der Waals surface area contributed by atoms with Crippen molar-refractivity contribution in [1.82, 2.24) is 0 Å². The van der Waals surface area contributed by atoms with Crippen LogP contribution in [0.1, 0.15) is 45.2 Å². The van der Waals surface area contributed by atoms with Crippen molar-refractivity contribution in [1.29, 1.82) is 0 Å². The summed E-state index contributed by atoms with van der Waals surface area (Å²) in [6.45, 7) is 8.53. The second kappa shape index (κ2) is 5.12. The van der Waals surface area contributed by atoms with Crippen LogP contribution in [-0.4, -0.2) is 20.0 Å². The lowest BCUT2D eigenvalue weighted by Crippen LogP contribution is -2.52. The maximum absolute atomic E-state index is 13.0. The number of methoxy groups -OCH3 is 2. The van der Waals surface area contributed by atoms with Crippen molar-refractivity contribution in [2.75, 3.05) is 14.2 Å². The molecule has 3 heteroatoms. The van der Waals surface area contributed by atoms with Crippen LogP contribution in [0.2, 0.25) is 0 Å². The monoisotopic (exact) mass is 314 g/mol. The molecule has 0 radical (unpaired) electrons. The lowest BCUT2D eigenvalue weighted by Gasteiger charge is -2.52. The first-order chi connectivity index (χ1) is 10.8. The van der Waals surface area contributed by atoms with Crippen LogP contribution in [0.25, 0.3) is 0 Å². The van der Waals surface area contributed by atoms with Crippen molar-refractivity contribution < 1.29 is 14.3 Å². The van der Waals surface area contributed by atoms with Crippen molar-refractivity contribution in [3.63, 3.8) is 0 Å². The zero-order valence-corrected chi connectivity index (χ0v) is 14.9. The molecule has 0 aromatic heterocycles. The number of benzene rings is 1. The number of carbonyl (C=O) groups excluding carboxylic acids is 1. The third-order valence-electron chi connectivity index (χ3n) is 6.04. The quantitative estimate of drug-likeness (QED) is 0.825. The van der Waals surface area contributed by atoms with Crippen molar-refractivity contribution in [2.24, 2.45) is 11.3 Å². The molecule has 0 bridgehead atoms. The first kappa shape index (κ1) is 16.1. The first-order valence-electron chi connectivity index (χ1n) is 8.23. The lowest BCUT2D eigenvalue weighted by atomic mass is 9.50. The Hall–Kier alpha value is -1.77. The fourth-order valence-corrected chi connectivity index (χ4v) is 4.94. The Morgan fingerprint density at radius 3 is 2.30 bits per heavy atom.